The van der Waals surface area contributed by atoms with Crippen molar-refractivity contribution in [3.05, 3.63) is 148 Å². The average molecular weight is 517 g/mol. The van der Waals surface area contributed by atoms with E-state index in [0.29, 0.717) is 36.5 Å². The van der Waals surface area contributed by atoms with Gasteiger partial charge in [0.05, 0.1) is 16.3 Å². The van der Waals surface area contributed by atoms with E-state index in [-0.39, 0.29) is 11.6 Å². The third-order valence-corrected chi connectivity index (χ3v) is 6.57. The highest BCUT2D eigenvalue weighted by molar-refractivity contribution is 5.94. The maximum Gasteiger partial charge on any atom is 0.272 e. The van der Waals surface area contributed by atoms with E-state index in [1.165, 1.54) is 12.1 Å². The molecule has 7 heteroatoms. The Bertz CT molecular complexity index is 1580. The number of aryl methyl sites for hydroxylation is 1. The van der Waals surface area contributed by atoms with Crippen molar-refractivity contribution in [1.29, 1.82) is 0 Å². The van der Waals surface area contributed by atoms with Crippen molar-refractivity contribution in [3.63, 3.8) is 0 Å². The zero-order valence-corrected chi connectivity index (χ0v) is 21.6. The van der Waals surface area contributed by atoms with Gasteiger partial charge >= 0.3 is 0 Å². The number of nitro benzene ring substituents is 1. The molecule has 0 saturated carbocycles. The summed E-state index contributed by atoms with van der Waals surface area (Å²) in [6.07, 6.45) is 0.715. The molecule has 0 radical (unpaired) electrons. The fourth-order valence-corrected chi connectivity index (χ4v) is 4.51. The average Bonchev–Trinajstić information content (AvgIpc) is 3.42. The van der Waals surface area contributed by atoms with Gasteiger partial charge in [0, 0.05) is 30.8 Å². The van der Waals surface area contributed by atoms with Gasteiger partial charge in [0.1, 0.15) is 5.69 Å². The molecule has 1 heterocycles. The largest absolute Gasteiger partial charge is 0.333 e. The molecule has 5 rings (SSSR count). The Kier molecular flexibility index (Phi) is 7.59. The van der Waals surface area contributed by atoms with E-state index in [0.717, 1.165) is 22.4 Å². The summed E-state index contributed by atoms with van der Waals surface area (Å²) in [4.78, 5) is 26.8. The second kappa shape index (κ2) is 11.6. The molecule has 0 saturated heterocycles. The van der Waals surface area contributed by atoms with Crippen molar-refractivity contribution in [2.24, 2.45) is 0 Å². The summed E-state index contributed by atoms with van der Waals surface area (Å²) in [5.41, 5.74) is 5.70. The Morgan fingerprint density at radius 2 is 1.51 bits per heavy atom. The smallest absolute Gasteiger partial charge is 0.272 e. The highest BCUT2D eigenvalue weighted by Gasteiger charge is 2.23. The second-order valence-electron chi connectivity index (χ2n) is 9.42. The van der Waals surface area contributed by atoms with Crippen LogP contribution in [0.2, 0.25) is 0 Å². The van der Waals surface area contributed by atoms with Crippen molar-refractivity contribution in [2.75, 3.05) is 6.54 Å². The van der Waals surface area contributed by atoms with Crippen LogP contribution in [-0.4, -0.2) is 32.1 Å². The van der Waals surface area contributed by atoms with Crippen LogP contribution in [0, 0.1) is 17.0 Å². The van der Waals surface area contributed by atoms with Gasteiger partial charge in [-0.3, -0.25) is 14.9 Å². The van der Waals surface area contributed by atoms with Crippen LogP contribution in [0.5, 0.6) is 0 Å². The van der Waals surface area contributed by atoms with Gasteiger partial charge in [0.25, 0.3) is 11.6 Å². The van der Waals surface area contributed by atoms with Gasteiger partial charge in [0.15, 0.2) is 0 Å². The molecule has 4 aromatic carbocycles. The predicted molar refractivity (Wildman–Crippen MR) is 152 cm³/mol. The van der Waals surface area contributed by atoms with E-state index in [9.17, 15) is 14.9 Å². The molecule has 1 aromatic heterocycles. The first-order chi connectivity index (χ1) is 19.0. The van der Waals surface area contributed by atoms with Crippen LogP contribution in [-0.2, 0) is 13.0 Å². The monoisotopic (exact) mass is 516 g/mol. The standard InChI is InChI=1S/C32H28N4O3/c1-24-9-8-14-29(21-24)35-31(22-30(33-35)27-15-17-28(18-16-27)36(38)39)32(37)34(23-26-12-6-3-7-13-26)20-19-25-10-4-2-5-11-25/h2-18,21-22H,19-20,23H2,1H3. The van der Waals surface area contributed by atoms with Crippen LogP contribution in [0.3, 0.4) is 0 Å². The third kappa shape index (κ3) is 6.10. The number of aromatic nitrogens is 2. The molecule has 0 aliphatic heterocycles. The number of hydrogen-bond acceptors (Lipinski definition) is 4. The molecule has 5 aromatic rings. The van der Waals surface area contributed by atoms with Crippen LogP contribution < -0.4 is 0 Å². The molecule has 0 fully saturated rings. The van der Waals surface area contributed by atoms with Crippen LogP contribution in [0.4, 0.5) is 5.69 Å². The number of nitrogens with zero attached hydrogens (tertiary/aromatic N) is 4. The lowest BCUT2D eigenvalue weighted by Crippen LogP contribution is -2.34. The minimum Gasteiger partial charge on any atom is -0.333 e. The molecule has 0 unspecified atom stereocenters. The Balaban J connectivity index is 1.54. The molecule has 7 nitrogen and oxygen atoms in total. The lowest BCUT2D eigenvalue weighted by atomic mass is 10.1. The van der Waals surface area contributed by atoms with Crippen LogP contribution >= 0.6 is 0 Å². The van der Waals surface area contributed by atoms with Gasteiger partial charge in [0.2, 0.25) is 0 Å². The summed E-state index contributed by atoms with van der Waals surface area (Å²) in [6, 6.07) is 35.9. The number of amides is 1. The number of rotatable bonds is 9. The molecular weight excluding hydrogens is 488 g/mol. The molecule has 194 valence electrons. The molecule has 39 heavy (non-hydrogen) atoms. The number of carbonyl (C=O) groups is 1. The quantitative estimate of drug-likeness (QED) is 0.162. The van der Waals surface area contributed by atoms with Crippen molar-refractivity contribution in [3.8, 4) is 16.9 Å². The van der Waals surface area contributed by atoms with E-state index >= 15 is 0 Å². The van der Waals surface area contributed by atoms with Crippen LogP contribution in [0.25, 0.3) is 16.9 Å². The topological polar surface area (TPSA) is 81.3 Å². The molecular formula is C32H28N4O3. The van der Waals surface area contributed by atoms with Crippen molar-refractivity contribution < 1.29 is 9.72 Å². The van der Waals surface area contributed by atoms with Gasteiger partial charge in [-0.15, -0.1) is 0 Å². The molecule has 0 spiro atoms. The third-order valence-electron chi connectivity index (χ3n) is 6.57. The van der Waals surface area contributed by atoms with Gasteiger partial charge in [-0.25, -0.2) is 4.68 Å². The van der Waals surface area contributed by atoms with Crippen molar-refractivity contribution in [1.82, 2.24) is 14.7 Å². The minimum atomic E-state index is -0.432. The van der Waals surface area contributed by atoms with E-state index in [2.05, 4.69) is 12.1 Å². The lowest BCUT2D eigenvalue weighted by Gasteiger charge is -2.23. The Labute approximate surface area is 227 Å². The van der Waals surface area contributed by atoms with Crippen molar-refractivity contribution in [2.45, 2.75) is 19.9 Å². The van der Waals surface area contributed by atoms with Crippen LogP contribution in [0.15, 0.2) is 115 Å². The first-order valence-electron chi connectivity index (χ1n) is 12.8. The van der Waals surface area contributed by atoms with E-state index in [1.807, 2.05) is 84.6 Å². The molecule has 0 aliphatic carbocycles. The highest BCUT2D eigenvalue weighted by atomic mass is 16.6. The Hall–Kier alpha value is -5.04. The Morgan fingerprint density at radius 3 is 2.15 bits per heavy atom. The Morgan fingerprint density at radius 1 is 0.846 bits per heavy atom. The molecule has 0 aliphatic rings. The molecule has 0 atom stereocenters. The number of hydrogen-bond donors (Lipinski definition) is 0. The molecule has 1 amide bonds. The lowest BCUT2D eigenvalue weighted by molar-refractivity contribution is -0.384. The fourth-order valence-electron chi connectivity index (χ4n) is 4.51. The predicted octanol–water partition coefficient (Wildman–Crippen LogP) is 6.64. The number of benzene rings is 4. The molecule has 0 N–H and O–H groups in total. The summed E-state index contributed by atoms with van der Waals surface area (Å²) < 4.78 is 1.67. The summed E-state index contributed by atoms with van der Waals surface area (Å²) in [5, 5.41) is 15.9. The van der Waals surface area contributed by atoms with Gasteiger partial charge in [-0.2, -0.15) is 5.10 Å². The van der Waals surface area contributed by atoms with E-state index in [4.69, 9.17) is 5.10 Å². The van der Waals surface area contributed by atoms with Gasteiger partial charge in [-0.1, -0.05) is 72.8 Å². The van der Waals surface area contributed by atoms with E-state index in [1.54, 1.807) is 22.9 Å². The van der Waals surface area contributed by atoms with Crippen LogP contribution in [0.1, 0.15) is 27.2 Å². The summed E-state index contributed by atoms with van der Waals surface area (Å²) in [6.45, 7) is 2.98. The maximum absolute atomic E-state index is 14.2. The number of carbonyl (C=O) groups excluding carboxylic acids is 1. The second-order valence-corrected chi connectivity index (χ2v) is 9.42. The van der Waals surface area contributed by atoms with Gasteiger partial charge in [-0.05, 0) is 60.4 Å². The minimum absolute atomic E-state index is 0.00288. The first-order valence-corrected chi connectivity index (χ1v) is 12.8. The first kappa shape index (κ1) is 25.6. The summed E-state index contributed by atoms with van der Waals surface area (Å²) in [7, 11) is 0. The zero-order valence-electron chi connectivity index (χ0n) is 21.6. The number of non-ortho nitro benzene ring substituents is 1. The SMILES string of the molecule is Cc1cccc(-n2nc(-c3ccc([N+](=O)[O-])cc3)cc2C(=O)N(CCc2ccccc2)Cc2ccccc2)c1. The highest BCUT2D eigenvalue weighted by Crippen LogP contribution is 2.26. The summed E-state index contributed by atoms with van der Waals surface area (Å²) >= 11 is 0. The zero-order chi connectivity index (χ0) is 27.2. The number of nitro groups is 1. The normalized spacial score (nSPS) is 10.8. The fraction of sp³-hybridized carbons (Fsp3) is 0.125. The van der Waals surface area contributed by atoms with Crippen molar-refractivity contribution >= 4 is 11.6 Å². The van der Waals surface area contributed by atoms with E-state index < -0.39 is 4.92 Å². The summed E-state index contributed by atoms with van der Waals surface area (Å²) in [5.74, 6) is -0.142. The van der Waals surface area contributed by atoms with Gasteiger partial charge < -0.3 is 4.90 Å². The molecule has 0 bridgehead atoms. The maximum atomic E-state index is 14.2.